The quantitative estimate of drug-likeness (QED) is 0.626. The van der Waals surface area contributed by atoms with E-state index >= 15 is 0 Å². The van der Waals surface area contributed by atoms with Gasteiger partial charge < -0.3 is 10.6 Å². The first-order chi connectivity index (χ1) is 14.5. The van der Waals surface area contributed by atoms with E-state index in [0.29, 0.717) is 18.9 Å². The van der Waals surface area contributed by atoms with Crippen molar-refractivity contribution in [3.63, 3.8) is 0 Å². The van der Waals surface area contributed by atoms with Gasteiger partial charge in [0.25, 0.3) is 0 Å². The van der Waals surface area contributed by atoms with Crippen LogP contribution in [0.25, 0.3) is 0 Å². The molecule has 1 aliphatic heterocycles. The molecule has 3 heterocycles. The number of carbonyl (C=O) groups excluding carboxylic acids is 3. The van der Waals surface area contributed by atoms with Crippen LogP contribution in [0.15, 0.2) is 35.7 Å². The van der Waals surface area contributed by atoms with Gasteiger partial charge in [0.15, 0.2) is 0 Å². The van der Waals surface area contributed by atoms with Crippen LogP contribution >= 0.6 is 11.3 Å². The van der Waals surface area contributed by atoms with Gasteiger partial charge in [0, 0.05) is 23.7 Å². The summed E-state index contributed by atoms with van der Waals surface area (Å²) in [6.45, 7) is 3.63. The van der Waals surface area contributed by atoms with Gasteiger partial charge in [-0.2, -0.15) is 0 Å². The Balaban J connectivity index is 1.39. The molecule has 2 aromatic heterocycles. The molecule has 0 aliphatic carbocycles. The smallest absolute Gasteiger partial charge is 0.321 e. The first-order valence-electron chi connectivity index (χ1n) is 10.1. The number of anilines is 1. The normalized spacial score (nSPS) is 16.6. The number of imide groups is 1. The van der Waals surface area contributed by atoms with Crippen LogP contribution in [-0.2, 0) is 16.0 Å². The molecule has 4 amide bonds. The second-order valence-corrected chi connectivity index (χ2v) is 8.39. The summed E-state index contributed by atoms with van der Waals surface area (Å²) in [5, 5.41) is 9.90. The minimum Gasteiger partial charge on any atom is -0.337 e. The van der Waals surface area contributed by atoms with Crippen LogP contribution in [0, 0.1) is 12.8 Å². The van der Waals surface area contributed by atoms with Crippen molar-refractivity contribution < 1.29 is 14.4 Å². The number of aryl methyl sites for hydroxylation is 1. The van der Waals surface area contributed by atoms with E-state index < -0.39 is 6.03 Å². The van der Waals surface area contributed by atoms with Crippen molar-refractivity contribution >= 4 is 35.0 Å². The summed E-state index contributed by atoms with van der Waals surface area (Å²) in [5.41, 5.74) is 0.836. The number of thiophene rings is 1. The molecule has 1 fully saturated rings. The molecule has 0 unspecified atom stereocenters. The van der Waals surface area contributed by atoms with Crippen molar-refractivity contribution in [1.29, 1.82) is 0 Å². The summed E-state index contributed by atoms with van der Waals surface area (Å²) in [6, 6.07) is 8.96. The zero-order chi connectivity index (χ0) is 21.3. The molecule has 3 rings (SSSR count). The number of urea groups is 1. The molecule has 1 atom stereocenters. The molecule has 8 nitrogen and oxygen atoms in total. The van der Waals surface area contributed by atoms with Gasteiger partial charge >= 0.3 is 6.03 Å². The predicted octanol–water partition coefficient (Wildman–Crippen LogP) is 2.17. The average Bonchev–Trinajstić information content (AvgIpc) is 3.21. The molecule has 0 radical (unpaired) electrons. The molecule has 0 spiro atoms. The van der Waals surface area contributed by atoms with Crippen LogP contribution in [0.3, 0.4) is 0 Å². The van der Waals surface area contributed by atoms with Crippen molar-refractivity contribution in [2.24, 2.45) is 5.92 Å². The maximum absolute atomic E-state index is 12.6. The Kier molecular flexibility index (Phi) is 7.92. The molecule has 160 valence electrons. The van der Waals surface area contributed by atoms with E-state index in [1.807, 2.05) is 41.5 Å². The van der Waals surface area contributed by atoms with Crippen molar-refractivity contribution in [3.8, 4) is 0 Å². The third-order valence-electron chi connectivity index (χ3n) is 4.87. The maximum atomic E-state index is 12.6. The molecule has 30 heavy (non-hydrogen) atoms. The highest BCUT2D eigenvalue weighted by Crippen LogP contribution is 2.18. The van der Waals surface area contributed by atoms with E-state index in [1.54, 1.807) is 17.4 Å². The zero-order valence-corrected chi connectivity index (χ0v) is 17.8. The number of likely N-dealkylation sites (tertiary alicyclic amines) is 1. The van der Waals surface area contributed by atoms with Gasteiger partial charge in [-0.05, 0) is 56.3 Å². The van der Waals surface area contributed by atoms with Gasteiger partial charge in [-0.15, -0.1) is 11.3 Å². The van der Waals surface area contributed by atoms with Crippen LogP contribution in [0.5, 0.6) is 0 Å². The fourth-order valence-electron chi connectivity index (χ4n) is 3.42. The lowest BCUT2D eigenvalue weighted by Gasteiger charge is -2.31. The summed E-state index contributed by atoms with van der Waals surface area (Å²) < 4.78 is 0. The van der Waals surface area contributed by atoms with Gasteiger partial charge in [-0.3, -0.25) is 19.8 Å². The van der Waals surface area contributed by atoms with Gasteiger partial charge in [-0.25, -0.2) is 9.78 Å². The largest absolute Gasteiger partial charge is 0.337 e. The number of piperidine rings is 1. The number of rotatable bonds is 7. The van der Waals surface area contributed by atoms with Crippen LogP contribution in [0.4, 0.5) is 10.6 Å². The summed E-state index contributed by atoms with van der Waals surface area (Å²) in [7, 11) is 0. The van der Waals surface area contributed by atoms with E-state index in [0.717, 1.165) is 31.5 Å². The Morgan fingerprint density at radius 1 is 1.23 bits per heavy atom. The van der Waals surface area contributed by atoms with Crippen LogP contribution in [0.1, 0.15) is 23.4 Å². The molecule has 0 aromatic carbocycles. The molecule has 3 N–H and O–H groups in total. The van der Waals surface area contributed by atoms with Gasteiger partial charge in [-0.1, -0.05) is 12.1 Å². The number of aromatic nitrogens is 1. The molecule has 9 heteroatoms. The number of hydrogen-bond acceptors (Lipinski definition) is 6. The molecule has 1 saturated heterocycles. The SMILES string of the molecule is Cc1cccc(NC(=O)[C@@H]2CCCN(CC(=O)NC(=O)NCCc3cccs3)C2)n1. The Morgan fingerprint density at radius 3 is 2.87 bits per heavy atom. The molecular weight excluding hydrogens is 402 g/mol. The van der Waals surface area contributed by atoms with Crippen LogP contribution in [-0.4, -0.2) is 53.9 Å². The van der Waals surface area contributed by atoms with Crippen LogP contribution < -0.4 is 16.0 Å². The fraction of sp³-hybridized carbons (Fsp3) is 0.429. The third kappa shape index (κ3) is 6.93. The third-order valence-corrected chi connectivity index (χ3v) is 5.81. The highest BCUT2D eigenvalue weighted by atomic mass is 32.1. The number of hydrogen-bond donors (Lipinski definition) is 3. The fourth-order valence-corrected chi connectivity index (χ4v) is 4.13. The van der Waals surface area contributed by atoms with E-state index in [4.69, 9.17) is 0 Å². The minimum atomic E-state index is -0.492. The van der Waals surface area contributed by atoms with Gasteiger partial charge in [0.05, 0.1) is 12.5 Å². The number of nitrogens with zero attached hydrogens (tertiary/aromatic N) is 2. The lowest BCUT2D eigenvalue weighted by molar-refractivity contribution is -0.125. The average molecular weight is 430 g/mol. The predicted molar refractivity (Wildman–Crippen MR) is 116 cm³/mol. The highest BCUT2D eigenvalue weighted by molar-refractivity contribution is 7.09. The number of nitrogens with one attached hydrogen (secondary N) is 3. The Labute approximate surface area is 180 Å². The van der Waals surface area contributed by atoms with Gasteiger partial charge in [0.2, 0.25) is 11.8 Å². The topological polar surface area (TPSA) is 103 Å². The van der Waals surface area contributed by atoms with Crippen molar-refractivity contribution in [1.82, 2.24) is 20.5 Å². The van der Waals surface area contributed by atoms with E-state index in [-0.39, 0.29) is 24.3 Å². The van der Waals surface area contributed by atoms with E-state index in [2.05, 4.69) is 20.9 Å². The monoisotopic (exact) mass is 429 g/mol. The highest BCUT2D eigenvalue weighted by Gasteiger charge is 2.27. The molecular formula is C21H27N5O3S. The lowest BCUT2D eigenvalue weighted by atomic mass is 9.97. The standard InChI is InChI=1S/C21H27N5O3S/c1-15-5-2-8-18(23-15)24-20(28)16-6-3-11-26(13-16)14-19(27)25-21(29)22-10-9-17-7-4-12-30-17/h2,4-5,7-8,12,16H,3,6,9-11,13-14H2,1H3,(H,23,24,28)(H2,22,25,27,29)/t16-/m1/s1. The van der Waals surface area contributed by atoms with Crippen molar-refractivity contribution in [2.45, 2.75) is 26.2 Å². The summed E-state index contributed by atoms with van der Waals surface area (Å²) in [6.07, 6.45) is 2.32. The second kappa shape index (κ2) is 10.8. The number of amides is 4. The minimum absolute atomic E-state index is 0.0881. The van der Waals surface area contributed by atoms with Crippen molar-refractivity contribution in [2.75, 3.05) is 31.5 Å². The Hall–Kier alpha value is -2.78. The zero-order valence-electron chi connectivity index (χ0n) is 17.0. The van der Waals surface area contributed by atoms with E-state index in [1.165, 1.54) is 4.88 Å². The van der Waals surface area contributed by atoms with Crippen molar-refractivity contribution in [3.05, 3.63) is 46.3 Å². The summed E-state index contributed by atoms with van der Waals surface area (Å²) in [4.78, 5) is 44.0. The Bertz CT molecular complexity index is 871. The number of pyridine rings is 1. The molecule has 0 saturated carbocycles. The number of carbonyl (C=O) groups is 3. The maximum Gasteiger partial charge on any atom is 0.321 e. The summed E-state index contributed by atoms with van der Waals surface area (Å²) in [5.74, 6) is -0.142. The van der Waals surface area contributed by atoms with Gasteiger partial charge in [0.1, 0.15) is 5.82 Å². The summed E-state index contributed by atoms with van der Waals surface area (Å²) >= 11 is 1.63. The Morgan fingerprint density at radius 2 is 2.10 bits per heavy atom. The molecule has 2 aromatic rings. The molecule has 1 aliphatic rings. The first kappa shape index (κ1) is 21.9. The van der Waals surface area contributed by atoms with E-state index in [9.17, 15) is 14.4 Å². The first-order valence-corrected chi connectivity index (χ1v) is 10.9. The molecule has 0 bridgehead atoms. The second-order valence-electron chi connectivity index (χ2n) is 7.36. The van der Waals surface area contributed by atoms with Crippen LogP contribution in [0.2, 0.25) is 0 Å². The lowest BCUT2D eigenvalue weighted by Crippen LogP contribution is -2.48.